The molecule has 0 aliphatic heterocycles. The van der Waals surface area contributed by atoms with Crippen molar-refractivity contribution < 1.29 is 9.47 Å². The summed E-state index contributed by atoms with van der Waals surface area (Å²) in [6.07, 6.45) is 5.40. The lowest BCUT2D eigenvalue weighted by Gasteiger charge is -2.08. The van der Waals surface area contributed by atoms with E-state index in [1.165, 1.54) is 16.7 Å². The van der Waals surface area contributed by atoms with Crippen LogP contribution in [0.3, 0.4) is 0 Å². The van der Waals surface area contributed by atoms with Gasteiger partial charge in [0.2, 0.25) is 0 Å². The molecule has 3 nitrogen and oxygen atoms in total. The van der Waals surface area contributed by atoms with Gasteiger partial charge >= 0.3 is 0 Å². The van der Waals surface area contributed by atoms with Crippen LogP contribution in [-0.2, 0) is 4.74 Å². The van der Waals surface area contributed by atoms with Gasteiger partial charge in [-0.25, -0.2) is 0 Å². The van der Waals surface area contributed by atoms with Gasteiger partial charge in [0.15, 0.2) is 0 Å². The smallest absolute Gasteiger partial charge is 0.122 e. The average Bonchev–Trinajstić information content (AvgIpc) is 2.41. The second-order valence-corrected chi connectivity index (χ2v) is 4.61. The molecule has 0 aliphatic rings. The maximum Gasteiger partial charge on any atom is 0.122 e. The Hall–Kier alpha value is -1.32. The van der Waals surface area contributed by atoms with E-state index in [0.29, 0.717) is 0 Å². The summed E-state index contributed by atoms with van der Waals surface area (Å²) in [6, 6.07) is 4.26. The second kappa shape index (κ2) is 8.73. The van der Waals surface area contributed by atoms with E-state index >= 15 is 0 Å². The standard InChI is InChI=1S/C16H25NO2/c1-13-12-16(19-4)14(2)11-15(13)7-5-6-8-17-9-10-18-3/h5,7,11-12,17H,6,8-10H2,1-4H3/b7-5+. The molecule has 0 unspecified atom stereocenters. The topological polar surface area (TPSA) is 30.5 Å². The first kappa shape index (κ1) is 15.7. The Morgan fingerprint density at radius 2 is 1.89 bits per heavy atom. The largest absolute Gasteiger partial charge is 0.496 e. The summed E-state index contributed by atoms with van der Waals surface area (Å²) < 4.78 is 10.3. The molecule has 0 saturated carbocycles. The van der Waals surface area contributed by atoms with Gasteiger partial charge in [-0.2, -0.15) is 0 Å². The van der Waals surface area contributed by atoms with Crippen LogP contribution in [0.25, 0.3) is 6.08 Å². The first-order valence-corrected chi connectivity index (χ1v) is 6.70. The zero-order chi connectivity index (χ0) is 14.1. The summed E-state index contributed by atoms with van der Waals surface area (Å²) in [7, 11) is 3.43. The van der Waals surface area contributed by atoms with E-state index in [0.717, 1.165) is 31.9 Å². The van der Waals surface area contributed by atoms with Gasteiger partial charge in [0.1, 0.15) is 5.75 Å². The molecule has 0 aromatic heterocycles. The maximum atomic E-state index is 5.32. The highest BCUT2D eigenvalue weighted by Gasteiger charge is 2.01. The number of aryl methyl sites for hydroxylation is 2. The highest BCUT2D eigenvalue weighted by molar-refractivity contribution is 5.57. The normalized spacial score (nSPS) is 11.2. The highest BCUT2D eigenvalue weighted by atomic mass is 16.5. The summed E-state index contributed by atoms with van der Waals surface area (Å²) in [5.41, 5.74) is 3.67. The predicted molar refractivity (Wildman–Crippen MR) is 80.9 cm³/mol. The highest BCUT2D eigenvalue weighted by Crippen LogP contribution is 2.23. The van der Waals surface area contributed by atoms with Crippen molar-refractivity contribution in [1.29, 1.82) is 0 Å². The second-order valence-electron chi connectivity index (χ2n) is 4.61. The molecule has 1 N–H and O–H groups in total. The van der Waals surface area contributed by atoms with Crippen molar-refractivity contribution in [2.24, 2.45) is 0 Å². The Labute approximate surface area is 116 Å². The summed E-state index contributed by atoms with van der Waals surface area (Å²) in [5, 5.41) is 3.32. The van der Waals surface area contributed by atoms with Crippen molar-refractivity contribution in [3.05, 3.63) is 34.9 Å². The molecule has 0 fully saturated rings. The number of hydrogen-bond donors (Lipinski definition) is 1. The molecule has 0 aliphatic carbocycles. The van der Waals surface area contributed by atoms with Crippen molar-refractivity contribution in [3.8, 4) is 5.75 Å². The van der Waals surface area contributed by atoms with Crippen LogP contribution >= 0.6 is 0 Å². The molecule has 0 spiro atoms. The van der Waals surface area contributed by atoms with E-state index in [4.69, 9.17) is 9.47 Å². The van der Waals surface area contributed by atoms with Gasteiger partial charge in [-0.1, -0.05) is 12.2 Å². The SMILES string of the molecule is COCCNCC/C=C/c1cc(C)c(OC)cc1C. The number of methoxy groups -OCH3 is 2. The van der Waals surface area contributed by atoms with E-state index in [-0.39, 0.29) is 0 Å². The van der Waals surface area contributed by atoms with Crippen LogP contribution in [0.1, 0.15) is 23.1 Å². The fraction of sp³-hybridized carbons (Fsp3) is 0.500. The van der Waals surface area contributed by atoms with Crippen LogP contribution in [0, 0.1) is 13.8 Å². The van der Waals surface area contributed by atoms with Crippen LogP contribution in [0.5, 0.6) is 5.75 Å². The van der Waals surface area contributed by atoms with Crippen LogP contribution < -0.4 is 10.1 Å². The van der Waals surface area contributed by atoms with Crippen molar-refractivity contribution in [3.63, 3.8) is 0 Å². The van der Waals surface area contributed by atoms with E-state index in [1.807, 2.05) is 0 Å². The van der Waals surface area contributed by atoms with Crippen LogP contribution in [-0.4, -0.2) is 33.9 Å². The number of benzene rings is 1. The third kappa shape index (κ3) is 5.45. The minimum atomic E-state index is 0.764. The summed E-state index contributed by atoms with van der Waals surface area (Å²) in [4.78, 5) is 0. The first-order valence-electron chi connectivity index (χ1n) is 6.70. The third-order valence-corrected chi connectivity index (χ3v) is 3.05. The fourth-order valence-corrected chi connectivity index (χ4v) is 1.91. The minimum absolute atomic E-state index is 0.764. The van der Waals surface area contributed by atoms with Crippen molar-refractivity contribution in [2.75, 3.05) is 33.9 Å². The number of hydrogen-bond acceptors (Lipinski definition) is 3. The fourth-order valence-electron chi connectivity index (χ4n) is 1.91. The monoisotopic (exact) mass is 263 g/mol. The van der Waals surface area contributed by atoms with Gasteiger partial charge in [0, 0.05) is 13.7 Å². The molecule has 0 heterocycles. The molecule has 19 heavy (non-hydrogen) atoms. The number of nitrogens with one attached hydrogen (secondary N) is 1. The molecule has 0 amide bonds. The summed E-state index contributed by atoms with van der Waals surface area (Å²) >= 11 is 0. The molecule has 106 valence electrons. The molecule has 0 radical (unpaired) electrons. The van der Waals surface area contributed by atoms with Gasteiger partial charge in [0.25, 0.3) is 0 Å². The molecule has 3 heteroatoms. The molecule has 0 saturated heterocycles. The average molecular weight is 263 g/mol. The molecule has 1 rings (SSSR count). The Kier molecular flexibility index (Phi) is 7.23. The molecule has 0 atom stereocenters. The Bertz CT molecular complexity index is 413. The van der Waals surface area contributed by atoms with Gasteiger partial charge in [-0.3, -0.25) is 0 Å². The Balaban J connectivity index is 2.46. The predicted octanol–water partition coefficient (Wildman–Crippen LogP) is 2.95. The summed E-state index contributed by atoms with van der Waals surface area (Å²) in [5.74, 6) is 0.955. The lowest BCUT2D eigenvalue weighted by atomic mass is 10.0. The Morgan fingerprint density at radius 3 is 2.58 bits per heavy atom. The molecular weight excluding hydrogens is 238 g/mol. The van der Waals surface area contributed by atoms with Gasteiger partial charge in [0.05, 0.1) is 13.7 Å². The molecule has 1 aromatic rings. The lowest BCUT2D eigenvalue weighted by Crippen LogP contribution is -2.19. The van der Waals surface area contributed by atoms with Gasteiger partial charge in [-0.15, -0.1) is 0 Å². The number of rotatable bonds is 8. The molecule has 0 bridgehead atoms. The Morgan fingerprint density at radius 1 is 1.11 bits per heavy atom. The van der Waals surface area contributed by atoms with Crippen molar-refractivity contribution >= 4 is 6.08 Å². The van der Waals surface area contributed by atoms with E-state index < -0.39 is 0 Å². The lowest BCUT2D eigenvalue weighted by molar-refractivity contribution is 0.199. The van der Waals surface area contributed by atoms with Crippen LogP contribution in [0.4, 0.5) is 0 Å². The van der Waals surface area contributed by atoms with Gasteiger partial charge < -0.3 is 14.8 Å². The van der Waals surface area contributed by atoms with E-state index in [9.17, 15) is 0 Å². The van der Waals surface area contributed by atoms with E-state index in [1.54, 1.807) is 14.2 Å². The van der Waals surface area contributed by atoms with Crippen molar-refractivity contribution in [2.45, 2.75) is 20.3 Å². The zero-order valence-electron chi connectivity index (χ0n) is 12.5. The maximum absolute atomic E-state index is 5.32. The van der Waals surface area contributed by atoms with Crippen LogP contribution in [0.2, 0.25) is 0 Å². The van der Waals surface area contributed by atoms with E-state index in [2.05, 4.69) is 43.4 Å². The molecular formula is C16H25NO2. The zero-order valence-corrected chi connectivity index (χ0v) is 12.5. The third-order valence-electron chi connectivity index (χ3n) is 3.05. The summed E-state index contributed by atoms with van der Waals surface area (Å²) in [6.45, 7) is 6.83. The quantitative estimate of drug-likeness (QED) is 0.731. The first-order chi connectivity index (χ1) is 9.19. The molecule has 1 aromatic carbocycles. The van der Waals surface area contributed by atoms with Gasteiger partial charge in [-0.05, 0) is 55.6 Å². The minimum Gasteiger partial charge on any atom is -0.496 e. The van der Waals surface area contributed by atoms with Crippen LogP contribution in [0.15, 0.2) is 18.2 Å². The number of ether oxygens (including phenoxy) is 2. The van der Waals surface area contributed by atoms with Crippen molar-refractivity contribution in [1.82, 2.24) is 5.32 Å².